The van der Waals surface area contributed by atoms with E-state index >= 15 is 0 Å². The largest absolute Gasteiger partial charge is 0.372 e. The summed E-state index contributed by atoms with van der Waals surface area (Å²) in [5.74, 6) is 0. The van der Waals surface area contributed by atoms with E-state index in [1.807, 2.05) is 20.9 Å². The second-order valence-electron chi connectivity index (χ2n) is 5.47. The van der Waals surface area contributed by atoms with Crippen LogP contribution < -0.4 is 5.32 Å². The van der Waals surface area contributed by atoms with Crippen molar-refractivity contribution >= 4 is 22.3 Å². The highest BCUT2D eigenvalue weighted by molar-refractivity contribution is 9.10. The maximum absolute atomic E-state index is 10.1. The summed E-state index contributed by atoms with van der Waals surface area (Å²) in [6, 6.07) is 6.34. The minimum atomic E-state index is 0.277. The van der Waals surface area contributed by atoms with Crippen LogP contribution in [0.4, 0.5) is 0 Å². The van der Waals surface area contributed by atoms with E-state index in [9.17, 15) is 4.79 Å². The fourth-order valence-corrected chi connectivity index (χ4v) is 2.55. The molecule has 0 atom stereocenters. The molecule has 4 nitrogen and oxygen atoms in total. The zero-order chi connectivity index (χ0) is 15.8. The zero-order valence-electron chi connectivity index (χ0n) is 13.2. The van der Waals surface area contributed by atoms with Crippen LogP contribution in [0, 0.1) is 6.92 Å². The molecular formula is C16H25BrN2O2. The molecule has 1 amide bonds. The van der Waals surface area contributed by atoms with Crippen LogP contribution in [0.5, 0.6) is 0 Å². The van der Waals surface area contributed by atoms with E-state index in [1.54, 1.807) is 4.90 Å². The van der Waals surface area contributed by atoms with Gasteiger partial charge in [-0.15, -0.1) is 0 Å². The summed E-state index contributed by atoms with van der Waals surface area (Å²) in [6.07, 6.45) is 1.42. The lowest BCUT2D eigenvalue weighted by Crippen LogP contribution is -2.51. The third kappa shape index (κ3) is 6.59. The van der Waals surface area contributed by atoms with Crippen molar-refractivity contribution in [1.82, 2.24) is 10.2 Å². The number of amides is 1. The van der Waals surface area contributed by atoms with Crippen molar-refractivity contribution in [3.63, 3.8) is 0 Å². The third-order valence-electron chi connectivity index (χ3n) is 3.16. The molecule has 0 aromatic heterocycles. The van der Waals surface area contributed by atoms with Gasteiger partial charge in [-0.3, -0.25) is 4.79 Å². The van der Waals surface area contributed by atoms with Crippen LogP contribution in [-0.2, 0) is 16.1 Å². The first-order valence-electron chi connectivity index (χ1n) is 7.20. The minimum Gasteiger partial charge on any atom is -0.372 e. The predicted octanol–water partition coefficient (Wildman–Crippen LogP) is 2.73. The summed E-state index contributed by atoms with van der Waals surface area (Å²) in [7, 11) is 1.96. The van der Waals surface area contributed by atoms with Gasteiger partial charge in [-0.05, 0) is 51.1 Å². The molecule has 5 heteroatoms. The van der Waals surface area contributed by atoms with Crippen LogP contribution in [0.25, 0.3) is 0 Å². The van der Waals surface area contributed by atoms with Crippen LogP contribution >= 0.6 is 15.9 Å². The van der Waals surface area contributed by atoms with Crippen molar-refractivity contribution in [3.05, 3.63) is 33.8 Å². The number of rotatable bonds is 5. The maximum Gasteiger partial charge on any atom is 0.209 e. The van der Waals surface area contributed by atoms with Crippen molar-refractivity contribution in [2.45, 2.75) is 39.5 Å². The van der Waals surface area contributed by atoms with Gasteiger partial charge < -0.3 is 15.0 Å². The van der Waals surface area contributed by atoms with E-state index in [4.69, 9.17) is 4.74 Å². The Kier molecular flexibility index (Phi) is 7.93. The molecule has 118 valence electrons. The molecule has 1 aromatic rings. The van der Waals surface area contributed by atoms with Gasteiger partial charge in [-0.25, -0.2) is 0 Å². The number of hydrogen-bond donors (Lipinski definition) is 1. The lowest BCUT2D eigenvalue weighted by molar-refractivity contribution is -0.134. The Balaban J connectivity index is 0.000000211. The molecule has 1 fully saturated rings. The van der Waals surface area contributed by atoms with E-state index in [1.165, 1.54) is 11.1 Å². The SMILES string of the molecule is CC(C)OC1CN(C=O)C1.CNCc1ccc(Br)cc1C. The number of nitrogens with zero attached hydrogens (tertiary/aromatic N) is 1. The van der Waals surface area contributed by atoms with Crippen LogP contribution in [0.1, 0.15) is 25.0 Å². The number of aryl methyl sites for hydroxylation is 1. The highest BCUT2D eigenvalue weighted by atomic mass is 79.9. The fraction of sp³-hybridized carbons (Fsp3) is 0.562. The number of hydrogen-bond acceptors (Lipinski definition) is 3. The number of benzene rings is 1. The van der Waals surface area contributed by atoms with E-state index < -0.39 is 0 Å². The number of likely N-dealkylation sites (tertiary alicyclic amines) is 1. The quantitative estimate of drug-likeness (QED) is 0.824. The average Bonchev–Trinajstić information content (AvgIpc) is 2.37. The maximum atomic E-state index is 10.1. The lowest BCUT2D eigenvalue weighted by atomic mass is 10.1. The molecule has 1 N–H and O–H groups in total. The second-order valence-corrected chi connectivity index (χ2v) is 6.38. The van der Waals surface area contributed by atoms with Crippen LogP contribution in [-0.4, -0.2) is 43.7 Å². The van der Waals surface area contributed by atoms with Crippen molar-refractivity contribution in [2.75, 3.05) is 20.1 Å². The Hall–Kier alpha value is -0.910. The summed E-state index contributed by atoms with van der Waals surface area (Å²) in [5, 5.41) is 3.13. The van der Waals surface area contributed by atoms with Crippen molar-refractivity contribution in [2.24, 2.45) is 0 Å². The highest BCUT2D eigenvalue weighted by Crippen LogP contribution is 2.15. The second kappa shape index (κ2) is 9.18. The van der Waals surface area contributed by atoms with Crippen molar-refractivity contribution < 1.29 is 9.53 Å². The van der Waals surface area contributed by atoms with Crippen molar-refractivity contribution in [3.8, 4) is 0 Å². The molecule has 0 spiro atoms. The molecule has 0 unspecified atom stereocenters. The smallest absolute Gasteiger partial charge is 0.209 e. The molecule has 0 bridgehead atoms. The number of nitrogens with one attached hydrogen (secondary N) is 1. The number of carbonyl (C=O) groups is 1. The van der Waals surface area contributed by atoms with E-state index in [0.717, 1.165) is 30.5 Å². The highest BCUT2D eigenvalue weighted by Gasteiger charge is 2.26. The number of ether oxygens (including phenoxy) is 1. The van der Waals surface area contributed by atoms with Gasteiger partial charge in [0.05, 0.1) is 12.2 Å². The number of halogens is 1. The molecule has 1 aliphatic heterocycles. The third-order valence-corrected chi connectivity index (χ3v) is 3.66. The van der Waals surface area contributed by atoms with Crippen LogP contribution in [0.2, 0.25) is 0 Å². The Bertz CT molecular complexity index is 446. The molecule has 2 rings (SSSR count). The number of carbonyl (C=O) groups excluding carboxylic acids is 1. The average molecular weight is 357 g/mol. The summed E-state index contributed by atoms with van der Waals surface area (Å²) in [6.45, 7) is 8.60. The van der Waals surface area contributed by atoms with Gasteiger partial charge in [0.15, 0.2) is 0 Å². The topological polar surface area (TPSA) is 41.6 Å². The molecule has 1 aromatic carbocycles. The van der Waals surface area contributed by atoms with Gasteiger partial charge in [0.1, 0.15) is 0 Å². The van der Waals surface area contributed by atoms with Crippen LogP contribution in [0.15, 0.2) is 22.7 Å². The minimum absolute atomic E-state index is 0.277. The first kappa shape index (κ1) is 18.1. The van der Waals surface area contributed by atoms with Gasteiger partial charge in [-0.2, -0.15) is 0 Å². The zero-order valence-corrected chi connectivity index (χ0v) is 14.8. The normalized spacial score (nSPS) is 14.5. The van der Waals surface area contributed by atoms with E-state index in [-0.39, 0.29) is 12.2 Å². The van der Waals surface area contributed by atoms with Crippen LogP contribution in [0.3, 0.4) is 0 Å². The first-order valence-corrected chi connectivity index (χ1v) is 8.00. The molecular weight excluding hydrogens is 332 g/mol. The molecule has 1 saturated heterocycles. The molecule has 21 heavy (non-hydrogen) atoms. The summed E-state index contributed by atoms with van der Waals surface area (Å²) < 4.78 is 6.57. The summed E-state index contributed by atoms with van der Waals surface area (Å²) >= 11 is 3.43. The Labute approximate surface area is 136 Å². The fourth-order valence-electron chi connectivity index (χ4n) is 2.07. The monoisotopic (exact) mass is 356 g/mol. The Morgan fingerprint density at radius 3 is 2.62 bits per heavy atom. The van der Waals surface area contributed by atoms with E-state index in [2.05, 4.69) is 46.4 Å². The van der Waals surface area contributed by atoms with Gasteiger partial charge in [0.25, 0.3) is 0 Å². The standard InChI is InChI=1S/C9H12BrN.C7H13NO2/c1-7-5-9(10)4-3-8(7)6-11-2;1-6(2)10-7-3-8(4-7)5-9/h3-5,11H,6H2,1-2H3;5-7H,3-4H2,1-2H3. The molecule has 1 aliphatic rings. The summed E-state index contributed by atoms with van der Waals surface area (Å²) in [4.78, 5) is 11.8. The molecule has 0 aliphatic carbocycles. The van der Waals surface area contributed by atoms with Crippen molar-refractivity contribution in [1.29, 1.82) is 0 Å². The van der Waals surface area contributed by atoms with Gasteiger partial charge in [-0.1, -0.05) is 22.0 Å². The molecule has 0 radical (unpaired) electrons. The molecule has 0 saturated carbocycles. The first-order chi connectivity index (χ1) is 9.96. The predicted molar refractivity (Wildman–Crippen MR) is 89.3 cm³/mol. The summed E-state index contributed by atoms with van der Waals surface area (Å²) in [5.41, 5.74) is 2.68. The molecule has 1 heterocycles. The van der Waals surface area contributed by atoms with Gasteiger partial charge in [0, 0.05) is 24.1 Å². The van der Waals surface area contributed by atoms with Gasteiger partial charge >= 0.3 is 0 Å². The van der Waals surface area contributed by atoms with Gasteiger partial charge in [0.2, 0.25) is 6.41 Å². The lowest BCUT2D eigenvalue weighted by Gasteiger charge is -2.36. The Morgan fingerprint density at radius 1 is 1.48 bits per heavy atom. The Morgan fingerprint density at radius 2 is 2.14 bits per heavy atom. The van der Waals surface area contributed by atoms with E-state index in [0.29, 0.717) is 0 Å².